The van der Waals surface area contributed by atoms with E-state index in [2.05, 4.69) is 10.3 Å². The highest BCUT2D eigenvalue weighted by Gasteiger charge is 2.26. The van der Waals surface area contributed by atoms with Crippen molar-refractivity contribution in [2.75, 3.05) is 19.0 Å². The maximum Gasteiger partial charge on any atom is 0.409 e. The van der Waals surface area contributed by atoms with Gasteiger partial charge in [-0.2, -0.15) is 0 Å². The van der Waals surface area contributed by atoms with Crippen LogP contribution < -0.4 is 10.1 Å². The molecule has 1 aromatic carbocycles. The first-order chi connectivity index (χ1) is 13.0. The predicted octanol–water partition coefficient (Wildman–Crippen LogP) is 2.78. The van der Waals surface area contributed by atoms with Crippen molar-refractivity contribution in [1.29, 1.82) is 0 Å². The number of amides is 2. The lowest BCUT2D eigenvalue weighted by molar-refractivity contribution is 0.102. The Morgan fingerprint density at radius 3 is 2.96 bits per heavy atom. The number of carbonyl (C=O) groups is 2. The Hall–Kier alpha value is -3.09. The minimum Gasteiger partial charge on any atom is -0.490 e. The molecule has 27 heavy (non-hydrogen) atoms. The fourth-order valence-electron chi connectivity index (χ4n) is 3.67. The molecule has 0 bridgehead atoms. The fourth-order valence-corrected chi connectivity index (χ4v) is 3.67. The van der Waals surface area contributed by atoms with E-state index in [1.165, 1.54) is 7.11 Å². The van der Waals surface area contributed by atoms with Crippen molar-refractivity contribution in [2.24, 2.45) is 0 Å². The Kier molecular flexibility index (Phi) is 4.43. The van der Waals surface area contributed by atoms with Crippen LogP contribution in [-0.4, -0.2) is 41.6 Å². The normalized spacial score (nSPS) is 17.6. The lowest BCUT2D eigenvalue weighted by Crippen LogP contribution is -2.36. The summed E-state index contributed by atoms with van der Waals surface area (Å²) in [5, 5.41) is 2.96. The van der Waals surface area contributed by atoms with Gasteiger partial charge in [-0.05, 0) is 48.2 Å². The molecule has 0 aliphatic carbocycles. The molecule has 0 radical (unpaired) electrons. The topological polar surface area (TPSA) is 80.8 Å². The fraction of sp³-hybridized carbons (Fsp3) is 0.350. The van der Waals surface area contributed by atoms with Gasteiger partial charge in [0.15, 0.2) is 0 Å². The van der Waals surface area contributed by atoms with Crippen molar-refractivity contribution in [3.05, 3.63) is 52.8 Å². The van der Waals surface area contributed by atoms with E-state index in [9.17, 15) is 9.59 Å². The first-order valence-corrected chi connectivity index (χ1v) is 8.94. The van der Waals surface area contributed by atoms with Gasteiger partial charge in [-0.3, -0.25) is 9.78 Å². The number of nitrogens with zero attached hydrogens (tertiary/aromatic N) is 2. The standard InChI is InChI=1S/C20H21N3O4/c1-12-7-13-8-15(3-4-18(13)27-12)22-19(24)17-10-21-9-14-11-23(20(25)26-2)6-5-16(14)17/h3-4,8-10,12H,5-7,11H2,1-2H3,(H,22,24). The number of hydrogen-bond donors (Lipinski definition) is 1. The van der Waals surface area contributed by atoms with Crippen molar-refractivity contribution < 1.29 is 19.1 Å². The largest absolute Gasteiger partial charge is 0.490 e. The number of ether oxygens (including phenoxy) is 2. The molecule has 1 unspecified atom stereocenters. The van der Waals surface area contributed by atoms with Crippen LogP contribution in [0.4, 0.5) is 10.5 Å². The Bertz CT molecular complexity index is 912. The van der Waals surface area contributed by atoms with Gasteiger partial charge >= 0.3 is 6.09 Å². The summed E-state index contributed by atoms with van der Waals surface area (Å²) in [7, 11) is 1.36. The minimum atomic E-state index is -0.370. The third-order valence-corrected chi connectivity index (χ3v) is 4.97. The minimum absolute atomic E-state index is 0.161. The molecular formula is C20H21N3O4. The zero-order chi connectivity index (χ0) is 19.0. The van der Waals surface area contributed by atoms with Crippen molar-refractivity contribution in [1.82, 2.24) is 9.88 Å². The molecule has 3 heterocycles. The summed E-state index contributed by atoms with van der Waals surface area (Å²) >= 11 is 0. The van der Waals surface area contributed by atoms with E-state index in [0.717, 1.165) is 34.5 Å². The number of rotatable bonds is 2. The van der Waals surface area contributed by atoms with Gasteiger partial charge in [0.25, 0.3) is 5.91 Å². The van der Waals surface area contributed by atoms with Gasteiger partial charge in [-0.25, -0.2) is 4.79 Å². The molecule has 0 fully saturated rings. The van der Waals surface area contributed by atoms with Gasteiger partial charge < -0.3 is 19.7 Å². The first-order valence-electron chi connectivity index (χ1n) is 8.94. The molecular weight excluding hydrogens is 346 g/mol. The van der Waals surface area contributed by atoms with Gasteiger partial charge in [0.1, 0.15) is 11.9 Å². The molecule has 0 saturated carbocycles. The van der Waals surface area contributed by atoms with Crippen LogP contribution in [0, 0.1) is 0 Å². The van der Waals surface area contributed by atoms with Crippen LogP contribution in [0.25, 0.3) is 0 Å². The van der Waals surface area contributed by atoms with Gasteiger partial charge in [-0.1, -0.05) is 0 Å². The SMILES string of the molecule is COC(=O)N1CCc2c(cncc2C(=O)Nc2ccc3c(c2)CC(C)O3)C1. The number of fused-ring (bicyclic) bond motifs is 2. The van der Waals surface area contributed by atoms with Crippen molar-refractivity contribution in [3.8, 4) is 5.75 Å². The number of methoxy groups -OCH3 is 1. The van der Waals surface area contributed by atoms with E-state index >= 15 is 0 Å². The summed E-state index contributed by atoms with van der Waals surface area (Å²) in [5.74, 6) is 0.680. The third kappa shape index (κ3) is 3.32. The summed E-state index contributed by atoms with van der Waals surface area (Å²) < 4.78 is 10.5. The Balaban J connectivity index is 1.54. The number of pyridine rings is 1. The highest BCUT2D eigenvalue weighted by Crippen LogP contribution is 2.31. The van der Waals surface area contributed by atoms with E-state index in [4.69, 9.17) is 9.47 Å². The average Bonchev–Trinajstić information content (AvgIpc) is 3.05. The Morgan fingerprint density at radius 2 is 2.15 bits per heavy atom. The summed E-state index contributed by atoms with van der Waals surface area (Å²) in [6, 6.07) is 5.69. The van der Waals surface area contributed by atoms with Crippen LogP contribution in [-0.2, 0) is 24.1 Å². The maximum absolute atomic E-state index is 12.8. The van der Waals surface area contributed by atoms with Crippen molar-refractivity contribution in [2.45, 2.75) is 32.4 Å². The molecule has 7 heteroatoms. The van der Waals surface area contributed by atoms with Crippen molar-refractivity contribution >= 4 is 17.7 Å². The monoisotopic (exact) mass is 367 g/mol. The second kappa shape index (κ2) is 6.90. The molecule has 7 nitrogen and oxygen atoms in total. The van der Waals surface area contributed by atoms with E-state index in [0.29, 0.717) is 25.1 Å². The van der Waals surface area contributed by atoms with Gasteiger partial charge in [0.05, 0.1) is 19.2 Å². The van der Waals surface area contributed by atoms with Crippen LogP contribution in [0.15, 0.2) is 30.6 Å². The van der Waals surface area contributed by atoms with Crippen LogP contribution in [0.3, 0.4) is 0 Å². The first kappa shape index (κ1) is 17.3. The third-order valence-electron chi connectivity index (χ3n) is 4.97. The maximum atomic E-state index is 12.8. The van der Waals surface area contributed by atoms with Gasteiger partial charge in [-0.15, -0.1) is 0 Å². The van der Waals surface area contributed by atoms with Crippen LogP contribution in [0.2, 0.25) is 0 Å². The Morgan fingerprint density at radius 1 is 1.30 bits per heavy atom. The number of carbonyl (C=O) groups excluding carboxylic acids is 2. The molecule has 0 saturated heterocycles. The lowest BCUT2D eigenvalue weighted by Gasteiger charge is -2.28. The molecule has 1 atom stereocenters. The van der Waals surface area contributed by atoms with E-state index in [-0.39, 0.29) is 18.1 Å². The van der Waals surface area contributed by atoms with Gasteiger partial charge in [0.2, 0.25) is 0 Å². The summed E-state index contributed by atoms with van der Waals surface area (Å²) in [5.41, 5.74) is 4.18. The van der Waals surface area contributed by atoms with Crippen LogP contribution in [0.1, 0.15) is 34.0 Å². The lowest BCUT2D eigenvalue weighted by atomic mass is 9.97. The number of benzene rings is 1. The van der Waals surface area contributed by atoms with E-state index in [1.54, 1.807) is 17.3 Å². The second-order valence-corrected chi connectivity index (χ2v) is 6.88. The van der Waals surface area contributed by atoms with Crippen LogP contribution in [0.5, 0.6) is 5.75 Å². The Labute approximate surface area is 157 Å². The average molecular weight is 367 g/mol. The molecule has 0 spiro atoms. The number of aromatic nitrogens is 1. The van der Waals surface area contributed by atoms with Crippen molar-refractivity contribution in [3.63, 3.8) is 0 Å². The smallest absolute Gasteiger partial charge is 0.409 e. The molecule has 1 N–H and O–H groups in total. The van der Waals surface area contributed by atoms with E-state index < -0.39 is 0 Å². The zero-order valence-corrected chi connectivity index (χ0v) is 15.3. The molecule has 2 aromatic rings. The highest BCUT2D eigenvalue weighted by molar-refractivity contribution is 6.05. The number of anilines is 1. The molecule has 1 aromatic heterocycles. The predicted molar refractivity (Wildman–Crippen MR) is 98.9 cm³/mol. The molecule has 2 aliphatic heterocycles. The van der Waals surface area contributed by atoms with Gasteiger partial charge in [0, 0.05) is 31.0 Å². The number of hydrogen-bond acceptors (Lipinski definition) is 5. The quantitative estimate of drug-likeness (QED) is 0.883. The second-order valence-electron chi connectivity index (χ2n) is 6.88. The van der Waals surface area contributed by atoms with E-state index in [1.807, 2.05) is 25.1 Å². The molecule has 2 amide bonds. The van der Waals surface area contributed by atoms with Crippen LogP contribution >= 0.6 is 0 Å². The molecule has 2 aliphatic rings. The number of nitrogens with one attached hydrogen (secondary N) is 1. The zero-order valence-electron chi connectivity index (χ0n) is 15.3. The summed E-state index contributed by atoms with van der Waals surface area (Å²) in [6.45, 7) is 2.93. The molecule has 140 valence electrons. The highest BCUT2D eigenvalue weighted by atomic mass is 16.5. The summed E-state index contributed by atoms with van der Waals surface area (Å²) in [6.07, 6.45) is 4.50. The molecule has 4 rings (SSSR count). The summed E-state index contributed by atoms with van der Waals surface area (Å²) in [4.78, 5) is 30.4.